The van der Waals surface area contributed by atoms with E-state index in [1.165, 1.54) is 17.2 Å². The molecule has 0 spiro atoms. The molecule has 1 heterocycles. The first-order valence-electron chi connectivity index (χ1n) is 9.67. The number of hydrogen-bond donors (Lipinski definition) is 3. The summed E-state index contributed by atoms with van der Waals surface area (Å²) in [7, 11) is 0. The highest BCUT2D eigenvalue weighted by Crippen LogP contribution is 2.44. The van der Waals surface area contributed by atoms with Crippen molar-refractivity contribution in [2.24, 2.45) is 0 Å². The minimum absolute atomic E-state index is 0.0170. The van der Waals surface area contributed by atoms with Gasteiger partial charge in [-0.3, -0.25) is 4.79 Å². The van der Waals surface area contributed by atoms with Crippen molar-refractivity contribution in [3.8, 4) is 17.0 Å². The van der Waals surface area contributed by atoms with E-state index >= 15 is 0 Å². The maximum absolute atomic E-state index is 12.1. The van der Waals surface area contributed by atoms with Crippen LogP contribution in [0.4, 0.5) is 4.79 Å². The summed E-state index contributed by atoms with van der Waals surface area (Å²) in [5.41, 5.74) is 4.34. The SMILES string of the molecule is O=C(NCCC=Cc1c(O)nc[nH]c1=O)OCC1c2ccccc2-c2ccccc21. The quantitative estimate of drug-likeness (QED) is 0.547. The molecule has 1 amide bonds. The zero-order chi connectivity index (χ0) is 20.9. The van der Waals surface area contributed by atoms with Gasteiger partial charge in [-0.2, -0.15) is 0 Å². The van der Waals surface area contributed by atoms with Gasteiger partial charge in [0.25, 0.3) is 5.56 Å². The Morgan fingerprint density at radius 3 is 2.47 bits per heavy atom. The van der Waals surface area contributed by atoms with E-state index in [9.17, 15) is 14.7 Å². The lowest BCUT2D eigenvalue weighted by Gasteiger charge is -2.14. The first-order valence-corrected chi connectivity index (χ1v) is 9.67. The molecule has 1 aromatic heterocycles. The number of H-pyrrole nitrogens is 1. The third-order valence-electron chi connectivity index (χ3n) is 5.08. The maximum atomic E-state index is 12.1. The van der Waals surface area contributed by atoms with Crippen molar-refractivity contribution >= 4 is 12.2 Å². The van der Waals surface area contributed by atoms with Gasteiger partial charge in [-0.15, -0.1) is 0 Å². The number of hydrogen-bond acceptors (Lipinski definition) is 5. The number of ether oxygens (including phenoxy) is 1. The molecule has 2 aromatic carbocycles. The minimum Gasteiger partial charge on any atom is -0.493 e. The molecule has 0 radical (unpaired) electrons. The Morgan fingerprint density at radius 2 is 1.80 bits per heavy atom. The third-order valence-corrected chi connectivity index (χ3v) is 5.08. The van der Waals surface area contributed by atoms with Crippen LogP contribution in [0.2, 0.25) is 0 Å². The Morgan fingerprint density at radius 1 is 1.13 bits per heavy atom. The van der Waals surface area contributed by atoms with Crippen LogP contribution in [0.25, 0.3) is 17.2 Å². The Kier molecular flexibility index (Phi) is 5.61. The van der Waals surface area contributed by atoms with E-state index in [0.717, 1.165) is 17.5 Å². The molecule has 0 atom stereocenters. The highest BCUT2D eigenvalue weighted by atomic mass is 16.5. The second-order valence-electron chi connectivity index (χ2n) is 6.91. The van der Waals surface area contributed by atoms with Gasteiger partial charge in [0.2, 0.25) is 5.88 Å². The monoisotopic (exact) mass is 403 g/mol. The molecular formula is C23H21N3O4. The van der Waals surface area contributed by atoms with Crippen LogP contribution < -0.4 is 10.9 Å². The molecule has 0 aliphatic heterocycles. The summed E-state index contributed by atoms with van der Waals surface area (Å²) in [5, 5.41) is 12.3. The largest absolute Gasteiger partial charge is 0.493 e. The molecule has 1 aliphatic rings. The number of nitrogens with one attached hydrogen (secondary N) is 2. The molecule has 3 N–H and O–H groups in total. The molecule has 152 valence electrons. The number of nitrogens with zero attached hydrogens (tertiary/aromatic N) is 1. The summed E-state index contributed by atoms with van der Waals surface area (Å²) in [4.78, 5) is 29.7. The standard InChI is InChI=1S/C23H21N3O4/c27-21-19(22(28)26-14-25-21)11-5-6-12-24-23(29)30-13-20-17-9-3-1-7-15(17)16-8-2-4-10-18(16)20/h1-5,7-11,14,20H,6,12-13H2,(H,24,29)(H2,25,26,27,28). The number of rotatable bonds is 6. The molecule has 0 saturated carbocycles. The van der Waals surface area contributed by atoms with E-state index in [-0.39, 0.29) is 24.0 Å². The van der Waals surface area contributed by atoms with E-state index in [1.54, 1.807) is 6.08 Å². The Bertz CT molecular complexity index is 1110. The average Bonchev–Trinajstić information content (AvgIpc) is 3.08. The lowest BCUT2D eigenvalue weighted by molar-refractivity contribution is 0.143. The number of aromatic nitrogens is 2. The second kappa shape index (κ2) is 8.65. The van der Waals surface area contributed by atoms with Crippen LogP contribution in [-0.4, -0.2) is 34.3 Å². The van der Waals surface area contributed by atoms with Crippen molar-refractivity contribution in [1.29, 1.82) is 0 Å². The number of carbonyl (C=O) groups is 1. The summed E-state index contributed by atoms with van der Waals surface area (Å²) in [6.07, 6.45) is 4.26. The van der Waals surface area contributed by atoms with Crippen molar-refractivity contribution in [2.45, 2.75) is 12.3 Å². The van der Waals surface area contributed by atoms with Crippen LogP contribution in [0.3, 0.4) is 0 Å². The van der Waals surface area contributed by atoms with Gasteiger partial charge < -0.3 is 20.1 Å². The Labute approximate surface area is 173 Å². The van der Waals surface area contributed by atoms with Gasteiger partial charge in [-0.1, -0.05) is 54.6 Å². The number of aromatic amines is 1. The molecule has 0 bridgehead atoms. The lowest BCUT2D eigenvalue weighted by atomic mass is 9.98. The number of amides is 1. The summed E-state index contributed by atoms with van der Waals surface area (Å²) < 4.78 is 5.46. The average molecular weight is 403 g/mol. The van der Waals surface area contributed by atoms with Gasteiger partial charge >= 0.3 is 6.09 Å². The third kappa shape index (κ3) is 3.96. The summed E-state index contributed by atoms with van der Waals surface area (Å²) in [5.74, 6) is -0.317. The van der Waals surface area contributed by atoms with Crippen molar-refractivity contribution in [1.82, 2.24) is 15.3 Å². The number of carbonyl (C=O) groups excluding carboxylic acids is 1. The van der Waals surface area contributed by atoms with E-state index in [1.807, 2.05) is 24.3 Å². The molecule has 0 saturated heterocycles. The molecule has 0 unspecified atom stereocenters. The fraction of sp³-hybridized carbons (Fsp3) is 0.174. The lowest BCUT2D eigenvalue weighted by Crippen LogP contribution is -2.26. The molecule has 0 fully saturated rings. The highest BCUT2D eigenvalue weighted by Gasteiger charge is 2.28. The normalized spacial score (nSPS) is 12.5. The second-order valence-corrected chi connectivity index (χ2v) is 6.91. The first-order chi connectivity index (χ1) is 14.6. The minimum atomic E-state index is -0.493. The predicted molar refractivity (Wildman–Crippen MR) is 113 cm³/mol. The van der Waals surface area contributed by atoms with Gasteiger partial charge in [-0.05, 0) is 34.8 Å². The highest BCUT2D eigenvalue weighted by molar-refractivity contribution is 5.79. The van der Waals surface area contributed by atoms with Crippen LogP contribution in [0.1, 0.15) is 29.0 Å². The van der Waals surface area contributed by atoms with E-state index in [0.29, 0.717) is 13.0 Å². The number of aromatic hydroxyl groups is 1. The zero-order valence-electron chi connectivity index (χ0n) is 16.2. The van der Waals surface area contributed by atoms with Crippen molar-refractivity contribution in [3.05, 3.63) is 88.0 Å². The van der Waals surface area contributed by atoms with E-state index in [4.69, 9.17) is 4.74 Å². The molecule has 3 aromatic rings. The molecule has 4 rings (SSSR count). The summed E-state index contributed by atoms with van der Waals surface area (Å²) >= 11 is 0. The van der Waals surface area contributed by atoms with Crippen LogP contribution in [-0.2, 0) is 4.74 Å². The number of fused-ring (bicyclic) bond motifs is 3. The van der Waals surface area contributed by atoms with Crippen molar-refractivity contribution in [2.75, 3.05) is 13.2 Å². The van der Waals surface area contributed by atoms with Gasteiger partial charge in [0, 0.05) is 12.5 Å². The van der Waals surface area contributed by atoms with Crippen LogP contribution in [0.15, 0.2) is 65.7 Å². The zero-order valence-corrected chi connectivity index (χ0v) is 16.2. The van der Waals surface area contributed by atoms with Crippen LogP contribution >= 0.6 is 0 Å². The topological polar surface area (TPSA) is 104 Å². The van der Waals surface area contributed by atoms with Gasteiger partial charge in [0.1, 0.15) is 12.2 Å². The smallest absolute Gasteiger partial charge is 0.407 e. The summed E-state index contributed by atoms with van der Waals surface area (Å²) in [6.45, 7) is 0.598. The maximum Gasteiger partial charge on any atom is 0.407 e. The van der Waals surface area contributed by atoms with Crippen molar-refractivity contribution < 1.29 is 14.6 Å². The Hall–Kier alpha value is -3.87. The van der Waals surface area contributed by atoms with E-state index in [2.05, 4.69) is 39.6 Å². The molecule has 30 heavy (non-hydrogen) atoms. The molecule has 7 heteroatoms. The van der Waals surface area contributed by atoms with Crippen LogP contribution in [0, 0.1) is 0 Å². The predicted octanol–water partition coefficient (Wildman–Crippen LogP) is 3.42. The van der Waals surface area contributed by atoms with Gasteiger partial charge in [0.15, 0.2) is 0 Å². The van der Waals surface area contributed by atoms with Gasteiger partial charge in [0.05, 0.1) is 6.33 Å². The fourth-order valence-corrected chi connectivity index (χ4v) is 3.66. The molecule has 1 aliphatic carbocycles. The van der Waals surface area contributed by atoms with Crippen molar-refractivity contribution in [3.63, 3.8) is 0 Å². The first kappa shape index (κ1) is 19.4. The van der Waals surface area contributed by atoms with Gasteiger partial charge in [-0.25, -0.2) is 9.78 Å². The summed E-state index contributed by atoms with van der Waals surface area (Å²) in [6, 6.07) is 16.3. The number of alkyl carbamates (subject to hydrolysis) is 1. The number of benzene rings is 2. The van der Waals surface area contributed by atoms with Crippen LogP contribution in [0.5, 0.6) is 5.88 Å². The Balaban J connectivity index is 1.30. The fourth-order valence-electron chi connectivity index (χ4n) is 3.66. The molecular weight excluding hydrogens is 382 g/mol. The van der Waals surface area contributed by atoms with E-state index < -0.39 is 11.7 Å². The molecule has 7 nitrogen and oxygen atoms in total.